The van der Waals surface area contributed by atoms with Gasteiger partial charge in [-0.3, -0.25) is 0 Å². The second-order valence-corrected chi connectivity index (χ2v) is 6.56. The Kier molecular flexibility index (Phi) is 9.33. The SMILES string of the molecule is C=CC(C)Cn1c(CC)cc(C(=C)/C=C\C(F)=C/C)c1C(=C)C=C=CCC. The number of rotatable bonds is 10. The highest BCUT2D eigenvalue weighted by atomic mass is 19.1. The number of hydrogen-bond acceptors (Lipinski definition) is 0. The fourth-order valence-electron chi connectivity index (χ4n) is 2.77. The summed E-state index contributed by atoms with van der Waals surface area (Å²) in [7, 11) is 0. The highest BCUT2D eigenvalue weighted by Crippen LogP contribution is 2.31. The molecule has 1 atom stereocenters. The van der Waals surface area contributed by atoms with Crippen LogP contribution in [0.2, 0.25) is 0 Å². The molecule has 2 heteroatoms. The lowest BCUT2D eigenvalue weighted by atomic mass is 10.0. The van der Waals surface area contributed by atoms with Gasteiger partial charge in [0.2, 0.25) is 0 Å². The van der Waals surface area contributed by atoms with E-state index in [1.807, 2.05) is 18.2 Å². The summed E-state index contributed by atoms with van der Waals surface area (Å²) in [5.74, 6) is 0.0410. The molecule has 1 aromatic heterocycles. The highest BCUT2D eigenvalue weighted by molar-refractivity contribution is 5.84. The molecule has 144 valence electrons. The molecule has 0 aliphatic rings. The highest BCUT2D eigenvalue weighted by Gasteiger charge is 2.18. The normalized spacial score (nSPS) is 12.6. The van der Waals surface area contributed by atoms with Gasteiger partial charge in [-0.2, -0.15) is 0 Å². The van der Waals surface area contributed by atoms with Gasteiger partial charge in [0.15, 0.2) is 0 Å². The van der Waals surface area contributed by atoms with Gasteiger partial charge in [-0.05, 0) is 61.1 Å². The van der Waals surface area contributed by atoms with Crippen molar-refractivity contribution in [3.63, 3.8) is 0 Å². The van der Waals surface area contributed by atoms with Crippen LogP contribution in [-0.4, -0.2) is 4.57 Å². The molecule has 0 amide bonds. The second kappa shape index (κ2) is 11.2. The van der Waals surface area contributed by atoms with Gasteiger partial charge < -0.3 is 4.57 Å². The molecule has 0 radical (unpaired) electrons. The third-order valence-corrected chi connectivity index (χ3v) is 4.37. The maximum Gasteiger partial charge on any atom is 0.118 e. The monoisotopic (exact) mass is 365 g/mol. The van der Waals surface area contributed by atoms with Crippen LogP contribution in [0.15, 0.2) is 73.8 Å². The number of nitrogens with zero attached hydrogens (tertiary/aromatic N) is 1. The van der Waals surface area contributed by atoms with Gasteiger partial charge in [0.25, 0.3) is 0 Å². The van der Waals surface area contributed by atoms with Crippen LogP contribution in [0.5, 0.6) is 0 Å². The van der Waals surface area contributed by atoms with E-state index in [4.69, 9.17) is 0 Å². The predicted molar refractivity (Wildman–Crippen MR) is 118 cm³/mol. The topological polar surface area (TPSA) is 4.93 Å². The van der Waals surface area contributed by atoms with Crippen molar-refractivity contribution in [1.82, 2.24) is 4.57 Å². The summed E-state index contributed by atoms with van der Waals surface area (Å²) in [6.45, 7) is 21.2. The summed E-state index contributed by atoms with van der Waals surface area (Å²) in [4.78, 5) is 0. The largest absolute Gasteiger partial charge is 0.344 e. The van der Waals surface area contributed by atoms with E-state index >= 15 is 0 Å². The van der Waals surface area contributed by atoms with Crippen LogP contribution < -0.4 is 0 Å². The molecule has 1 heterocycles. The van der Waals surface area contributed by atoms with Crippen molar-refractivity contribution in [2.75, 3.05) is 0 Å². The summed E-state index contributed by atoms with van der Waals surface area (Å²) in [5.41, 5.74) is 7.99. The molecule has 0 N–H and O–H groups in total. The van der Waals surface area contributed by atoms with E-state index in [1.54, 1.807) is 13.0 Å². The third-order valence-electron chi connectivity index (χ3n) is 4.37. The zero-order valence-electron chi connectivity index (χ0n) is 17.2. The summed E-state index contributed by atoms with van der Waals surface area (Å²) < 4.78 is 15.8. The van der Waals surface area contributed by atoms with Crippen molar-refractivity contribution in [3.05, 3.63) is 90.8 Å². The van der Waals surface area contributed by atoms with E-state index in [0.717, 1.165) is 41.8 Å². The molecule has 0 aliphatic carbocycles. The van der Waals surface area contributed by atoms with Gasteiger partial charge in [-0.15, -0.1) is 12.3 Å². The van der Waals surface area contributed by atoms with Gasteiger partial charge >= 0.3 is 0 Å². The molecule has 0 aromatic carbocycles. The summed E-state index contributed by atoms with van der Waals surface area (Å²) in [6, 6.07) is 2.13. The van der Waals surface area contributed by atoms with Gasteiger partial charge in [-0.1, -0.05) is 52.2 Å². The molecular weight excluding hydrogens is 333 g/mol. The molecule has 0 bridgehead atoms. The molecule has 0 aliphatic heterocycles. The van der Waals surface area contributed by atoms with E-state index in [1.165, 1.54) is 17.8 Å². The summed E-state index contributed by atoms with van der Waals surface area (Å²) in [6.07, 6.45) is 12.2. The molecule has 1 rings (SSSR count). The molecule has 0 fully saturated rings. The minimum absolute atomic E-state index is 0.280. The van der Waals surface area contributed by atoms with E-state index in [9.17, 15) is 4.39 Å². The van der Waals surface area contributed by atoms with Crippen molar-refractivity contribution in [2.45, 2.75) is 47.1 Å². The Morgan fingerprint density at radius 3 is 2.52 bits per heavy atom. The number of aryl methyl sites for hydroxylation is 1. The van der Waals surface area contributed by atoms with Crippen LogP contribution >= 0.6 is 0 Å². The molecule has 0 saturated heterocycles. The average molecular weight is 366 g/mol. The Balaban J connectivity index is 3.54. The van der Waals surface area contributed by atoms with E-state index in [0.29, 0.717) is 5.92 Å². The van der Waals surface area contributed by atoms with Crippen LogP contribution in [0.1, 0.15) is 51.1 Å². The Morgan fingerprint density at radius 1 is 1.26 bits per heavy atom. The lowest BCUT2D eigenvalue weighted by Gasteiger charge is -2.17. The maximum absolute atomic E-state index is 13.5. The average Bonchev–Trinajstić information content (AvgIpc) is 3.03. The Labute approximate surface area is 164 Å². The Morgan fingerprint density at radius 2 is 1.96 bits per heavy atom. The van der Waals surface area contributed by atoms with Gasteiger partial charge in [-0.25, -0.2) is 4.39 Å². The van der Waals surface area contributed by atoms with Crippen molar-refractivity contribution in [2.24, 2.45) is 5.92 Å². The fourth-order valence-corrected chi connectivity index (χ4v) is 2.77. The fraction of sp³-hybridized carbons (Fsp3) is 0.320. The Hall–Kier alpha value is -2.57. The minimum Gasteiger partial charge on any atom is -0.344 e. The zero-order chi connectivity index (χ0) is 20.4. The number of halogens is 1. The van der Waals surface area contributed by atoms with Crippen molar-refractivity contribution in [3.8, 4) is 0 Å². The number of aromatic nitrogens is 1. The van der Waals surface area contributed by atoms with Crippen LogP contribution in [0.3, 0.4) is 0 Å². The van der Waals surface area contributed by atoms with E-state index < -0.39 is 0 Å². The minimum atomic E-state index is -0.280. The van der Waals surface area contributed by atoms with Gasteiger partial charge in [0, 0.05) is 17.8 Å². The van der Waals surface area contributed by atoms with Gasteiger partial charge in [0.1, 0.15) is 5.83 Å². The zero-order valence-corrected chi connectivity index (χ0v) is 17.2. The molecule has 1 aromatic rings. The number of allylic oxidation sites excluding steroid dienone is 8. The van der Waals surface area contributed by atoms with Crippen molar-refractivity contribution in [1.29, 1.82) is 0 Å². The maximum atomic E-state index is 13.5. The van der Waals surface area contributed by atoms with Crippen molar-refractivity contribution >= 4 is 11.1 Å². The molecule has 1 unspecified atom stereocenters. The Bertz CT molecular complexity index is 808. The standard InChI is InChI=1S/C25H32FN/c1-8-12-13-14-21(7)25-24(20(6)15-16-22(26)10-3)17-23(11-4)27(25)18-19(5)9-2/h9-10,12,14-17,19H,2,6-8,11,18H2,1,3-5H3/b16-15-,22-10+. The van der Waals surface area contributed by atoms with E-state index in [-0.39, 0.29) is 5.83 Å². The first-order chi connectivity index (χ1) is 12.9. The quantitative estimate of drug-likeness (QED) is 0.230. The second-order valence-electron chi connectivity index (χ2n) is 6.56. The molecule has 0 spiro atoms. The van der Waals surface area contributed by atoms with Crippen LogP contribution in [0.4, 0.5) is 4.39 Å². The third kappa shape index (κ3) is 6.27. The first kappa shape index (κ1) is 22.5. The van der Waals surface area contributed by atoms with Crippen LogP contribution in [0.25, 0.3) is 11.1 Å². The molecule has 27 heavy (non-hydrogen) atoms. The molecule has 1 nitrogen and oxygen atoms in total. The first-order valence-corrected chi connectivity index (χ1v) is 9.53. The van der Waals surface area contributed by atoms with Gasteiger partial charge in [0.05, 0.1) is 5.69 Å². The van der Waals surface area contributed by atoms with Crippen molar-refractivity contribution < 1.29 is 4.39 Å². The smallest absolute Gasteiger partial charge is 0.118 e. The lowest BCUT2D eigenvalue weighted by Crippen LogP contribution is -2.11. The lowest BCUT2D eigenvalue weighted by molar-refractivity contribution is 0.553. The molecular formula is C25H32FN. The predicted octanol–water partition coefficient (Wildman–Crippen LogP) is 7.45. The van der Waals surface area contributed by atoms with E-state index in [2.05, 4.69) is 56.9 Å². The first-order valence-electron chi connectivity index (χ1n) is 9.53. The summed E-state index contributed by atoms with van der Waals surface area (Å²) >= 11 is 0. The van der Waals surface area contributed by atoms with Crippen LogP contribution in [-0.2, 0) is 13.0 Å². The van der Waals surface area contributed by atoms with Crippen LogP contribution in [0, 0.1) is 5.92 Å². The number of hydrogen-bond donors (Lipinski definition) is 0. The molecule has 0 saturated carbocycles. The summed E-state index contributed by atoms with van der Waals surface area (Å²) in [5, 5.41) is 0.